The number of hydrogen-bond donors (Lipinski definition) is 1. The van der Waals surface area contributed by atoms with Crippen molar-refractivity contribution in [2.75, 3.05) is 26.7 Å². The van der Waals surface area contributed by atoms with Gasteiger partial charge in [0.05, 0.1) is 6.61 Å². The highest BCUT2D eigenvalue weighted by Gasteiger charge is 2.25. The molecule has 1 unspecified atom stereocenters. The molecule has 0 spiro atoms. The molecule has 3 heteroatoms. The topological polar surface area (TPSA) is 38.5 Å². The molecule has 3 nitrogen and oxygen atoms in total. The molecular weight excluding hydrogens is 248 g/mol. The summed E-state index contributed by atoms with van der Waals surface area (Å²) in [7, 11) is 1.75. The van der Waals surface area contributed by atoms with Crippen molar-refractivity contribution >= 4 is 0 Å². The molecule has 0 aliphatic heterocycles. The molecule has 0 saturated heterocycles. The molecule has 1 fully saturated rings. The van der Waals surface area contributed by atoms with Gasteiger partial charge >= 0.3 is 0 Å². The van der Waals surface area contributed by atoms with Crippen molar-refractivity contribution < 1.29 is 4.74 Å². The van der Waals surface area contributed by atoms with Crippen molar-refractivity contribution in [1.29, 1.82) is 0 Å². The molecule has 0 heterocycles. The van der Waals surface area contributed by atoms with Crippen LogP contribution in [0.4, 0.5) is 0 Å². The van der Waals surface area contributed by atoms with E-state index in [-0.39, 0.29) is 0 Å². The molecule has 1 aliphatic rings. The molecule has 2 N–H and O–H groups in total. The van der Waals surface area contributed by atoms with Gasteiger partial charge < -0.3 is 10.5 Å². The first-order valence-electron chi connectivity index (χ1n) is 7.81. The van der Waals surface area contributed by atoms with Gasteiger partial charge in [0.2, 0.25) is 0 Å². The summed E-state index contributed by atoms with van der Waals surface area (Å²) in [6.45, 7) is 5.80. The summed E-state index contributed by atoms with van der Waals surface area (Å²) in [5.74, 6) is 0.874. The van der Waals surface area contributed by atoms with E-state index in [2.05, 4.69) is 36.1 Å². The van der Waals surface area contributed by atoms with E-state index < -0.39 is 0 Å². The minimum atomic E-state index is 0.312. The van der Waals surface area contributed by atoms with Crippen molar-refractivity contribution in [1.82, 2.24) is 4.90 Å². The molecule has 0 aromatic heterocycles. The van der Waals surface area contributed by atoms with Crippen LogP contribution in [0.3, 0.4) is 0 Å². The number of ether oxygens (including phenoxy) is 1. The van der Waals surface area contributed by atoms with Crippen molar-refractivity contribution in [2.24, 2.45) is 11.7 Å². The van der Waals surface area contributed by atoms with Gasteiger partial charge in [-0.15, -0.1) is 0 Å². The van der Waals surface area contributed by atoms with E-state index in [1.54, 1.807) is 7.11 Å². The number of benzene rings is 1. The van der Waals surface area contributed by atoms with Gasteiger partial charge in [0, 0.05) is 26.2 Å². The van der Waals surface area contributed by atoms with Crippen LogP contribution in [0.25, 0.3) is 0 Å². The van der Waals surface area contributed by atoms with E-state index >= 15 is 0 Å². The van der Waals surface area contributed by atoms with E-state index in [0.717, 1.165) is 12.5 Å². The molecule has 112 valence electrons. The third kappa shape index (κ3) is 3.60. The van der Waals surface area contributed by atoms with Gasteiger partial charge in [-0.2, -0.15) is 0 Å². The lowest BCUT2D eigenvalue weighted by atomic mass is 9.84. The van der Waals surface area contributed by atoms with Crippen LogP contribution < -0.4 is 5.73 Å². The average molecular weight is 276 g/mol. The Morgan fingerprint density at radius 1 is 1.35 bits per heavy atom. The summed E-state index contributed by atoms with van der Waals surface area (Å²) < 4.78 is 5.33. The highest BCUT2D eigenvalue weighted by atomic mass is 16.5. The summed E-state index contributed by atoms with van der Waals surface area (Å²) in [6.07, 6.45) is 4.16. The van der Waals surface area contributed by atoms with Gasteiger partial charge in [-0.05, 0) is 36.4 Å². The number of nitrogens with zero attached hydrogens (tertiary/aromatic N) is 1. The zero-order valence-electron chi connectivity index (χ0n) is 12.8. The zero-order valence-corrected chi connectivity index (χ0v) is 12.8. The lowest BCUT2D eigenvalue weighted by molar-refractivity contribution is 0.137. The van der Waals surface area contributed by atoms with Crippen molar-refractivity contribution in [3.05, 3.63) is 35.4 Å². The number of hydrogen-bond acceptors (Lipinski definition) is 3. The summed E-state index contributed by atoms with van der Waals surface area (Å²) in [5, 5.41) is 0. The third-order valence-electron chi connectivity index (χ3n) is 4.50. The second-order valence-corrected chi connectivity index (χ2v) is 5.77. The normalized spacial score (nSPS) is 17.2. The quantitative estimate of drug-likeness (QED) is 0.793. The van der Waals surface area contributed by atoms with Crippen LogP contribution in [-0.4, -0.2) is 31.6 Å². The molecule has 1 aliphatic carbocycles. The zero-order chi connectivity index (χ0) is 14.4. The van der Waals surface area contributed by atoms with Crippen LogP contribution in [0.1, 0.15) is 43.4 Å². The molecule has 0 bridgehead atoms. The van der Waals surface area contributed by atoms with Crippen LogP contribution in [-0.2, 0) is 11.3 Å². The summed E-state index contributed by atoms with van der Waals surface area (Å²) >= 11 is 0. The first-order valence-corrected chi connectivity index (χ1v) is 7.81. The maximum atomic E-state index is 6.10. The van der Waals surface area contributed by atoms with Crippen LogP contribution in [0.15, 0.2) is 24.3 Å². The smallest absolute Gasteiger partial charge is 0.0716 e. The predicted molar refractivity (Wildman–Crippen MR) is 83.5 cm³/mol. The fourth-order valence-electron chi connectivity index (χ4n) is 3.10. The van der Waals surface area contributed by atoms with E-state index in [0.29, 0.717) is 19.2 Å². The Morgan fingerprint density at radius 3 is 2.65 bits per heavy atom. The lowest BCUT2D eigenvalue weighted by Crippen LogP contribution is -2.39. The molecule has 20 heavy (non-hydrogen) atoms. The summed E-state index contributed by atoms with van der Waals surface area (Å²) in [4.78, 5) is 2.54. The van der Waals surface area contributed by atoms with Crippen molar-refractivity contribution in [2.45, 2.75) is 38.8 Å². The average Bonchev–Trinajstić information content (AvgIpc) is 2.43. The molecule has 1 aromatic rings. The van der Waals surface area contributed by atoms with Gasteiger partial charge in [-0.25, -0.2) is 0 Å². The van der Waals surface area contributed by atoms with Gasteiger partial charge in [-0.3, -0.25) is 4.90 Å². The predicted octanol–water partition coefficient (Wildman–Crippen LogP) is 2.95. The second kappa shape index (κ2) is 7.77. The van der Waals surface area contributed by atoms with Gasteiger partial charge in [0.15, 0.2) is 0 Å². The van der Waals surface area contributed by atoms with E-state index in [9.17, 15) is 0 Å². The number of nitrogens with two attached hydrogens (primary N) is 1. The van der Waals surface area contributed by atoms with E-state index in [1.165, 1.54) is 36.9 Å². The highest BCUT2D eigenvalue weighted by Crippen LogP contribution is 2.31. The third-order valence-corrected chi connectivity index (χ3v) is 4.50. The highest BCUT2D eigenvalue weighted by molar-refractivity contribution is 5.30. The van der Waals surface area contributed by atoms with Gasteiger partial charge in [-0.1, -0.05) is 37.6 Å². The van der Waals surface area contributed by atoms with E-state index in [1.807, 2.05) is 0 Å². The molecule has 2 rings (SSSR count). The summed E-state index contributed by atoms with van der Waals surface area (Å²) in [6, 6.07) is 8.85. The molecule has 0 amide bonds. The fourth-order valence-corrected chi connectivity index (χ4v) is 3.10. The van der Waals surface area contributed by atoms with Crippen LogP contribution >= 0.6 is 0 Å². The second-order valence-electron chi connectivity index (χ2n) is 5.77. The Hall–Kier alpha value is -0.900. The molecular formula is C17H28N2O. The van der Waals surface area contributed by atoms with Crippen LogP contribution in [0.2, 0.25) is 0 Å². The molecule has 1 atom stereocenters. The van der Waals surface area contributed by atoms with Crippen LogP contribution in [0, 0.1) is 5.92 Å². The van der Waals surface area contributed by atoms with Crippen molar-refractivity contribution in [3.63, 3.8) is 0 Å². The van der Waals surface area contributed by atoms with Crippen LogP contribution in [0.5, 0.6) is 0 Å². The standard InChI is InChI=1S/C17H28N2O/c1-3-19(12-14-7-6-8-14)17(11-18)16-10-5-4-9-15(16)13-20-2/h4-5,9-10,14,17H,3,6-8,11-13,18H2,1-2H3. The Kier molecular flexibility index (Phi) is 6.02. The number of methoxy groups -OCH3 is 1. The number of likely N-dealkylation sites (N-methyl/N-ethyl adjacent to an activating group) is 1. The van der Waals surface area contributed by atoms with Gasteiger partial charge in [0.1, 0.15) is 0 Å². The van der Waals surface area contributed by atoms with Crippen molar-refractivity contribution in [3.8, 4) is 0 Å². The Labute approximate surface area is 123 Å². The number of rotatable bonds is 8. The minimum Gasteiger partial charge on any atom is -0.380 e. The Bertz CT molecular complexity index is 404. The monoisotopic (exact) mass is 276 g/mol. The maximum absolute atomic E-state index is 6.10. The minimum absolute atomic E-state index is 0.312. The molecule has 1 aromatic carbocycles. The lowest BCUT2D eigenvalue weighted by Gasteiger charge is -2.37. The first-order chi connectivity index (χ1) is 9.80. The SMILES string of the molecule is CCN(CC1CCC1)C(CN)c1ccccc1COC. The molecule has 1 saturated carbocycles. The fraction of sp³-hybridized carbons (Fsp3) is 0.647. The van der Waals surface area contributed by atoms with Gasteiger partial charge in [0.25, 0.3) is 0 Å². The largest absolute Gasteiger partial charge is 0.380 e. The molecule has 0 radical (unpaired) electrons. The first kappa shape index (κ1) is 15.5. The Morgan fingerprint density at radius 2 is 2.10 bits per heavy atom. The maximum Gasteiger partial charge on any atom is 0.0716 e. The summed E-state index contributed by atoms with van der Waals surface area (Å²) in [5.41, 5.74) is 8.69. The van der Waals surface area contributed by atoms with E-state index in [4.69, 9.17) is 10.5 Å². The Balaban J connectivity index is 2.15.